The lowest BCUT2D eigenvalue weighted by Gasteiger charge is -2.05. The Bertz CT molecular complexity index is 1150. The predicted octanol–water partition coefficient (Wildman–Crippen LogP) is 2.62. The van der Waals surface area contributed by atoms with E-state index < -0.39 is 0 Å². The fourth-order valence-electron chi connectivity index (χ4n) is 2.79. The molecule has 0 fully saturated rings. The van der Waals surface area contributed by atoms with Crippen molar-refractivity contribution in [3.8, 4) is 5.75 Å². The normalized spacial score (nSPS) is 11.3. The van der Waals surface area contributed by atoms with E-state index in [1.807, 2.05) is 48.5 Å². The molecule has 134 valence electrons. The Hall–Kier alpha value is -3.74. The van der Waals surface area contributed by atoms with Crippen LogP contribution in [0.5, 0.6) is 5.75 Å². The van der Waals surface area contributed by atoms with E-state index in [0.717, 1.165) is 22.1 Å². The van der Waals surface area contributed by atoms with Crippen LogP contribution < -0.4 is 10.1 Å². The van der Waals surface area contributed by atoms with Gasteiger partial charge < -0.3 is 10.1 Å². The lowest BCUT2D eigenvalue weighted by atomic mass is 10.2. The van der Waals surface area contributed by atoms with E-state index in [2.05, 4.69) is 20.6 Å². The van der Waals surface area contributed by atoms with Crippen molar-refractivity contribution in [2.24, 2.45) is 0 Å². The molecule has 7 nitrogen and oxygen atoms in total. The van der Waals surface area contributed by atoms with Crippen molar-refractivity contribution in [1.29, 1.82) is 0 Å². The van der Waals surface area contributed by atoms with Gasteiger partial charge in [-0.3, -0.25) is 4.79 Å². The van der Waals surface area contributed by atoms with Crippen LogP contribution in [0.3, 0.4) is 0 Å². The highest BCUT2D eigenvalue weighted by Crippen LogP contribution is 2.17. The molecular weight excluding hydrogens is 342 g/mol. The SMILES string of the molecule is COc1cccc(CNC(=O)/C=C/c2nnc3c4ccccc4cnn23)c1. The third kappa shape index (κ3) is 3.48. The Morgan fingerprint density at radius 3 is 2.96 bits per heavy atom. The van der Waals surface area contributed by atoms with Crippen molar-refractivity contribution in [2.75, 3.05) is 7.11 Å². The molecule has 0 aliphatic carbocycles. The summed E-state index contributed by atoms with van der Waals surface area (Å²) in [6, 6.07) is 15.4. The highest BCUT2D eigenvalue weighted by molar-refractivity contribution is 5.94. The van der Waals surface area contributed by atoms with E-state index >= 15 is 0 Å². The van der Waals surface area contributed by atoms with Gasteiger partial charge >= 0.3 is 0 Å². The van der Waals surface area contributed by atoms with Crippen LogP contribution in [0, 0.1) is 0 Å². The molecule has 27 heavy (non-hydrogen) atoms. The molecule has 0 radical (unpaired) electrons. The second-order valence-electron chi connectivity index (χ2n) is 5.93. The van der Waals surface area contributed by atoms with Crippen molar-refractivity contribution in [3.05, 3.63) is 72.2 Å². The van der Waals surface area contributed by atoms with Crippen LogP contribution in [0.25, 0.3) is 22.5 Å². The van der Waals surface area contributed by atoms with Crippen LogP contribution in [0.1, 0.15) is 11.4 Å². The maximum absolute atomic E-state index is 12.1. The number of hydrogen-bond acceptors (Lipinski definition) is 5. The number of methoxy groups -OCH3 is 1. The molecular formula is C20H17N5O2. The Balaban J connectivity index is 1.49. The first kappa shape index (κ1) is 16.7. The molecule has 4 rings (SSSR count). The molecule has 2 heterocycles. The number of fused-ring (bicyclic) bond motifs is 3. The first-order valence-electron chi connectivity index (χ1n) is 8.42. The molecule has 7 heteroatoms. The van der Waals surface area contributed by atoms with Gasteiger partial charge in [-0.1, -0.05) is 36.4 Å². The van der Waals surface area contributed by atoms with Gasteiger partial charge in [-0.2, -0.15) is 9.61 Å². The predicted molar refractivity (Wildman–Crippen MR) is 102 cm³/mol. The molecule has 2 aromatic carbocycles. The second kappa shape index (κ2) is 7.25. The number of benzene rings is 2. The zero-order valence-electron chi connectivity index (χ0n) is 14.7. The molecule has 0 atom stereocenters. The topological polar surface area (TPSA) is 81.4 Å². The van der Waals surface area contributed by atoms with Crippen LogP contribution in [0.2, 0.25) is 0 Å². The number of carbonyl (C=O) groups excluding carboxylic acids is 1. The summed E-state index contributed by atoms with van der Waals surface area (Å²) in [5, 5.41) is 17.5. The number of nitrogens with zero attached hydrogens (tertiary/aromatic N) is 4. The first-order chi connectivity index (χ1) is 13.2. The van der Waals surface area contributed by atoms with Crippen LogP contribution in [-0.2, 0) is 11.3 Å². The zero-order chi connectivity index (χ0) is 18.6. The first-order valence-corrected chi connectivity index (χ1v) is 8.42. The number of rotatable bonds is 5. The molecule has 4 aromatic rings. The lowest BCUT2D eigenvalue weighted by Crippen LogP contribution is -2.20. The van der Waals surface area contributed by atoms with E-state index in [0.29, 0.717) is 18.0 Å². The number of nitrogens with one attached hydrogen (secondary N) is 1. The minimum absolute atomic E-state index is 0.227. The molecule has 1 N–H and O–H groups in total. The summed E-state index contributed by atoms with van der Waals surface area (Å²) in [5.74, 6) is 1.02. The number of hydrogen-bond donors (Lipinski definition) is 1. The third-order valence-electron chi connectivity index (χ3n) is 4.16. The Morgan fingerprint density at radius 2 is 2.07 bits per heavy atom. The average Bonchev–Trinajstić information content (AvgIpc) is 3.14. The van der Waals surface area contributed by atoms with Crippen molar-refractivity contribution >= 4 is 28.4 Å². The van der Waals surface area contributed by atoms with Gasteiger partial charge in [0.05, 0.1) is 13.3 Å². The number of carbonyl (C=O) groups is 1. The molecule has 0 aliphatic heterocycles. The monoisotopic (exact) mass is 359 g/mol. The quantitative estimate of drug-likeness (QED) is 0.554. The molecule has 0 unspecified atom stereocenters. The Labute approximate surface area is 155 Å². The van der Waals surface area contributed by atoms with Gasteiger partial charge in [-0.25, -0.2) is 0 Å². The van der Waals surface area contributed by atoms with Gasteiger partial charge in [-0.05, 0) is 23.8 Å². The summed E-state index contributed by atoms with van der Waals surface area (Å²) in [5.41, 5.74) is 1.61. The van der Waals surface area contributed by atoms with Gasteiger partial charge in [0.2, 0.25) is 5.91 Å². The lowest BCUT2D eigenvalue weighted by molar-refractivity contribution is -0.116. The minimum Gasteiger partial charge on any atom is -0.497 e. The maximum Gasteiger partial charge on any atom is 0.244 e. The number of amides is 1. The molecule has 0 aliphatic rings. The molecule has 0 bridgehead atoms. The molecule has 0 spiro atoms. The highest BCUT2D eigenvalue weighted by Gasteiger charge is 2.08. The standard InChI is InChI=1S/C20H17N5O2/c1-27-16-7-4-5-14(11-16)12-21-19(26)10-9-18-23-24-20-17-8-3-2-6-15(17)13-22-25(18)20/h2-11,13H,12H2,1H3,(H,21,26)/b10-9+. The maximum atomic E-state index is 12.1. The summed E-state index contributed by atoms with van der Waals surface area (Å²) in [6.07, 6.45) is 4.78. The largest absolute Gasteiger partial charge is 0.497 e. The average molecular weight is 359 g/mol. The fraction of sp³-hybridized carbons (Fsp3) is 0.100. The zero-order valence-corrected chi connectivity index (χ0v) is 14.7. The van der Waals surface area contributed by atoms with E-state index in [9.17, 15) is 4.79 Å². The van der Waals surface area contributed by atoms with Gasteiger partial charge in [0.15, 0.2) is 11.5 Å². The van der Waals surface area contributed by atoms with E-state index in [-0.39, 0.29) is 5.91 Å². The highest BCUT2D eigenvalue weighted by atomic mass is 16.5. The van der Waals surface area contributed by atoms with E-state index in [1.54, 1.807) is 23.9 Å². The van der Waals surface area contributed by atoms with Crippen LogP contribution in [0.15, 0.2) is 60.8 Å². The summed E-state index contributed by atoms with van der Waals surface area (Å²) in [4.78, 5) is 12.1. The van der Waals surface area contributed by atoms with Crippen LogP contribution in [-0.4, -0.2) is 32.8 Å². The Kier molecular flexibility index (Phi) is 4.49. The summed E-state index contributed by atoms with van der Waals surface area (Å²) in [6.45, 7) is 0.407. The van der Waals surface area contributed by atoms with E-state index in [1.165, 1.54) is 6.08 Å². The number of ether oxygens (including phenoxy) is 1. The third-order valence-corrected chi connectivity index (χ3v) is 4.16. The van der Waals surface area contributed by atoms with Crippen molar-refractivity contribution in [1.82, 2.24) is 25.1 Å². The van der Waals surface area contributed by atoms with E-state index in [4.69, 9.17) is 4.74 Å². The van der Waals surface area contributed by atoms with Crippen molar-refractivity contribution < 1.29 is 9.53 Å². The Morgan fingerprint density at radius 1 is 1.19 bits per heavy atom. The smallest absolute Gasteiger partial charge is 0.244 e. The van der Waals surface area contributed by atoms with Crippen LogP contribution >= 0.6 is 0 Å². The van der Waals surface area contributed by atoms with Gasteiger partial charge in [0, 0.05) is 23.4 Å². The van der Waals surface area contributed by atoms with Gasteiger partial charge in [0.25, 0.3) is 0 Å². The minimum atomic E-state index is -0.227. The second-order valence-corrected chi connectivity index (χ2v) is 5.93. The summed E-state index contributed by atoms with van der Waals surface area (Å²) < 4.78 is 6.80. The molecule has 2 aromatic heterocycles. The molecule has 1 amide bonds. The molecule has 0 saturated heterocycles. The van der Waals surface area contributed by atoms with Crippen LogP contribution in [0.4, 0.5) is 0 Å². The molecule has 0 saturated carbocycles. The summed E-state index contributed by atoms with van der Waals surface area (Å²) in [7, 11) is 1.61. The fourth-order valence-corrected chi connectivity index (χ4v) is 2.79. The summed E-state index contributed by atoms with van der Waals surface area (Å²) >= 11 is 0. The van der Waals surface area contributed by atoms with Crippen molar-refractivity contribution in [2.45, 2.75) is 6.54 Å². The van der Waals surface area contributed by atoms with Gasteiger partial charge in [-0.15, -0.1) is 10.2 Å². The number of aromatic nitrogens is 4. The van der Waals surface area contributed by atoms with Crippen molar-refractivity contribution in [3.63, 3.8) is 0 Å². The van der Waals surface area contributed by atoms with Gasteiger partial charge in [0.1, 0.15) is 5.75 Å².